The van der Waals surface area contributed by atoms with Gasteiger partial charge in [0.15, 0.2) is 0 Å². The topological polar surface area (TPSA) is 38.3 Å². The summed E-state index contributed by atoms with van der Waals surface area (Å²) >= 11 is 5.20. The van der Waals surface area contributed by atoms with Gasteiger partial charge in [0, 0.05) is 15.0 Å². The first-order chi connectivity index (χ1) is 9.56. The first-order valence-corrected chi connectivity index (χ1v) is 8.00. The Labute approximate surface area is 131 Å². The minimum atomic E-state index is -0.285. The van der Waals surface area contributed by atoms with Gasteiger partial charge in [-0.2, -0.15) is 0 Å². The van der Waals surface area contributed by atoms with E-state index in [4.69, 9.17) is 4.74 Å². The van der Waals surface area contributed by atoms with Gasteiger partial charge in [0.05, 0.1) is 18.2 Å². The van der Waals surface area contributed by atoms with Crippen LogP contribution < -0.4 is 5.32 Å². The highest BCUT2D eigenvalue weighted by Crippen LogP contribution is 2.23. The minimum Gasteiger partial charge on any atom is -0.459 e. The summed E-state index contributed by atoms with van der Waals surface area (Å²) in [5.74, 6) is -0.285. The van der Waals surface area contributed by atoms with Gasteiger partial charge in [-0.1, -0.05) is 0 Å². The van der Waals surface area contributed by atoms with Crippen LogP contribution in [0.2, 0.25) is 0 Å². The van der Waals surface area contributed by atoms with Crippen LogP contribution in [0.4, 0.5) is 5.69 Å². The fourth-order valence-corrected chi connectivity index (χ4v) is 3.07. The molecule has 2 rings (SSSR count). The van der Waals surface area contributed by atoms with Gasteiger partial charge in [-0.15, -0.1) is 11.3 Å². The monoisotopic (exact) mass is 353 g/mol. The second-order valence-electron chi connectivity index (χ2n) is 4.58. The van der Waals surface area contributed by atoms with Crippen LogP contribution >= 0.6 is 27.3 Å². The second kappa shape index (κ2) is 6.90. The molecule has 0 fully saturated rings. The van der Waals surface area contributed by atoms with E-state index in [1.54, 1.807) is 23.5 Å². The maximum Gasteiger partial charge on any atom is 0.338 e. The molecule has 0 saturated heterocycles. The standard InChI is InChI=1S/C15H16BrNO2S/c1-10(2)19-15(18)11-3-5-12(6-4-11)17-9-14-13(16)7-8-20-14/h3-8,10,17H,9H2,1-2H3. The summed E-state index contributed by atoms with van der Waals surface area (Å²) in [5, 5.41) is 5.37. The van der Waals surface area contributed by atoms with Crippen LogP contribution in [0.5, 0.6) is 0 Å². The predicted molar refractivity (Wildman–Crippen MR) is 86.3 cm³/mol. The van der Waals surface area contributed by atoms with Crippen LogP contribution in [0.25, 0.3) is 0 Å². The lowest BCUT2D eigenvalue weighted by Crippen LogP contribution is -2.11. The van der Waals surface area contributed by atoms with Crippen molar-refractivity contribution < 1.29 is 9.53 Å². The van der Waals surface area contributed by atoms with E-state index in [1.807, 2.05) is 37.4 Å². The summed E-state index contributed by atoms with van der Waals surface area (Å²) in [4.78, 5) is 13.0. The Morgan fingerprint density at radius 3 is 2.55 bits per heavy atom. The number of anilines is 1. The van der Waals surface area contributed by atoms with Crippen LogP contribution in [-0.4, -0.2) is 12.1 Å². The number of halogens is 1. The normalized spacial score (nSPS) is 10.6. The van der Waals surface area contributed by atoms with Gasteiger partial charge in [-0.25, -0.2) is 4.79 Å². The van der Waals surface area contributed by atoms with E-state index >= 15 is 0 Å². The third-order valence-electron chi connectivity index (χ3n) is 2.61. The van der Waals surface area contributed by atoms with E-state index in [9.17, 15) is 4.79 Å². The van der Waals surface area contributed by atoms with E-state index in [0.29, 0.717) is 5.56 Å². The lowest BCUT2D eigenvalue weighted by atomic mass is 10.2. The number of thiophene rings is 1. The Kier molecular flexibility index (Phi) is 5.20. The van der Waals surface area contributed by atoms with Crippen LogP contribution in [-0.2, 0) is 11.3 Å². The van der Waals surface area contributed by atoms with Gasteiger partial charge in [0.1, 0.15) is 0 Å². The zero-order valence-electron chi connectivity index (χ0n) is 11.4. The van der Waals surface area contributed by atoms with Crippen LogP contribution in [0.1, 0.15) is 29.1 Å². The highest BCUT2D eigenvalue weighted by Gasteiger charge is 2.08. The molecule has 0 aliphatic carbocycles. The molecule has 0 aliphatic rings. The summed E-state index contributed by atoms with van der Waals surface area (Å²) in [6.07, 6.45) is -0.100. The molecule has 0 bridgehead atoms. The first kappa shape index (κ1) is 15.1. The predicted octanol–water partition coefficient (Wildman–Crippen LogP) is 4.69. The smallest absolute Gasteiger partial charge is 0.338 e. The molecule has 0 unspecified atom stereocenters. The molecule has 0 spiro atoms. The van der Waals surface area contributed by atoms with E-state index in [1.165, 1.54) is 4.88 Å². The van der Waals surface area contributed by atoms with Gasteiger partial charge >= 0.3 is 5.97 Å². The van der Waals surface area contributed by atoms with Crippen molar-refractivity contribution in [3.8, 4) is 0 Å². The van der Waals surface area contributed by atoms with Crippen molar-refractivity contribution in [3.63, 3.8) is 0 Å². The Bertz CT molecular complexity index is 578. The van der Waals surface area contributed by atoms with Gasteiger partial charge in [-0.05, 0) is 65.5 Å². The van der Waals surface area contributed by atoms with Crippen molar-refractivity contribution in [1.82, 2.24) is 0 Å². The Morgan fingerprint density at radius 1 is 1.30 bits per heavy atom. The lowest BCUT2D eigenvalue weighted by Gasteiger charge is -2.09. The van der Waals surface area contributed by atoms with Gasteiger partial charge in [-0.3, -0.25) is 0 Å². The number of hydrogen-bond acceptors (Lipinski definition) is 4. The molecule has 1 aromatic carbocycles. The quantitative estimate of drug-likeness (QED) is 0.792. The van der Waals surface area contributed by atoms with Crippen molar-refractivity contribution in [3.05, 3.63) is 50.6 Å². The van der Waals surface area contributed by atoms with Crippen LogP contribution in [0.3, 0.4) is 0 Å². The van der Waals surface area contributed by atoms with Gasteiger partial charge < -0.3 is 10.1 Å². The SMILES string of the molecule is CC(C)OC(=O)c1ccc(NCc2sccc2Br)cc1. The number of rotatable bonds is 5. The zero-order valence-corrected chi connectivity index (χ0v) is 13.8. The summed E-state index contributed by atoms with van der Waals surface area (Å²) in [7, 11) is 0. The third kappa shape index (κ3) is 4.08. The van der Waals surface area contributed by atoms with Crippen LogP contribution in [0, 0.1) is 0 Å². The summed E-state index contributed by atoms with van der Waals surface area (Å²) in [5.41, 5.74) is 1.55. The molecule has 20 heavy (non-hydrogen) atoms. The zero-order chi connectivity index (χ0) is 14.5. The molecule has 0 aliphatic heterocycles. The molecule has 0 atom stereocenters. The number of hydrogen-bond donors (Lipinski definition) is 1. The fourth-order valence-electron chi connectivity index (χ4n) is 1.64. The average Bonchev–Trinajstić information content (AvgIpc) is 2.82. The summed E-state index contributed by atoms with van der Waals surface area (Å²) in [6.45, 7) is 4.44. The average molecular weight is 354 g/mol. The van der Waals surface area contributed by atoms with Crippen molar-refractivity contribution in [2.24, 2.45) is 0 Å². The number of carbonyl (C=O) groups is 1. The molecule has 1 heterocycles. The third-order valence-corrected chi connectivity index (χ3v) is 4.53. The molecule has 1 N–H and O–H groups in total. The molecular formula is C15H16BrNO2S. The molecule has 0 radical (unpaired) electrons. The molecule has 5 heteroatoms. The summed E-state index contributed by atoms with van der Waals surface area (Å²) in [6, 6.07) is 9.36. The van der Waals surface area contributed by atoms with Crippen molar-refractivity contribution in [2.75, 3.05) is 5.32 Å². The number of nitrogens with one attached hydrogen (secondary N) is 1. The largest absolute Gasteiger partial charge is 0.459 e. The maximum absolute atomic E-state index is 11.7. The fraction of sp³-hybridized carbons (Fsp3) is 0.267. The Morgan fingerprint density at radius 2 is 2.00 bits per heavy atom. The second-order valence-corrected chi connectivity index (χ2v) is 6.43. The maximum atomic E-state index is 11.7. The Hall–Kier alpha value is -1.33. The van der Waals surface area contributed by atoms with E-state index < -0.39 is 0 Å². The molecule has 3 nitrogen and oxygen atoms in total. The van der Waals surface area contributed by atoms with Gasteiger partial charge in [0.2, 0.25) is 0 Å². The van der Waals surface area contributed by atoms with Crippen molar-refractivity contribution in [2.45, 2.75) is 26.5 Å². The number of ether oxygens (including phenoxy) is 1. The molecular weight excluding hydrogens is 338 g/mol. The Balaban J connectivity index is 1.95. The highest BCUT2D eigenvalue weighted by molar-refractivity contribution is 9.10. The summed E-state index contributed by atoms with van der Waals surface area (Å²) < 4.78 is 6.26. The molecule has 0 amide bonds. The molecule has 1 aromatic heterocycles. The highest BCUT2D eigenvalue weighted by atomic mass is 79.9. The van der Waals surface area contributed by atoms with Crippen molar-refractivity contribution >= 4 is 38.9 Å². The number of carbonyl (C=O) groups excluding carboxylic acids is 1. The van der Waals surface area contributed by atoms with Crippen LogP contribution in [0.15, 0.2) is 40.2 Å². The van der Waals surface area contributed by atoms with E-state index in [-0.39, 0.29) is 12.1 Å². The van der Waals surface area contributed by atoms with Gasteiger partial charge in [0.25, 0.3) is 0 Å². The first-order valence-electron chi connectivity index (χ1n) is 6.33. The van der Waals surface area contributed by atoms with E-state index in [2.05, 4.69) is 21.2 Å². The number of benzene rings is 1. The van der Waals surface area contributed by atoms with E-state index in [0.717, 1.165) is 16.7 Å². The molecule has 0 saturated carbocycles. The molecule has 2 aromatic rings. The minimum absolute atomic E-state index is 0.100. The number of esters is 1. The molecule has 106 valence electrons. The lowest BCUT2D eigenvalue weighted by molar-refractivity contribution is 0.0378. The van der Waals surface area contributed by atoms with Crippen molar-refractivity contribution in [1.29, 1.82) is 0 Å².